The molecule has 1 nitrogen and oxygen atoms in total. The molecule has 0 aromatic heterocycles. The first-order valence-corrected chi connectivity index (χ1v) is 4.64. The number of allylic oxidation sites excluding steroid dienone is 1. The average Bonchev–Trinajstić information content (AvgIpc) is 2.18. The molecular weight excluding hydrogens is 178 g/mol. The van der Waals surface area contributed by atoms with Crippen LogP contribution in [0.3, 0.4) is 0 Å². The monoisotopic (exact) mass is 191 g/mol. The summed E-state index contributed by atoms with van der Waals surface area (Å²) in [6.07, 6.45) is 2.00. The van der Waals surface area contributed by atoms with Crippen molar-refractivity contribution in [2.45, 2.75) is 13.8 Å². The van der Waals surface area contributed by atoms with E-state index in [0.717, 1.165) is 16.2 Å². The van der Waals surface area contributed by atoms with E-state index in [1.165, 1.54) is 0 Å². The molecule has 0 saturated carbocycles. The van der Waals surface area contributed by atoms with Crippen molar-refractivity contribution in [2.75, 3.05) is 5.32 Å². The van der Waals surface area contributed by atoms with E-state index in [1.54, 1.807) is 0 Å². The van der Waals surface area contributed by atoms with Gasteiger partial charge in [0.2, 0.25) is 0 Å². The van der Waals surface area contributed by atoms with Crippen molar-refractivity contribution in [2.24, 2.45) is 0 Å². The molecule has 0 saturated heterocycles. The number of thiocarbonyl (C=S) groups is 1. The minimum atomic E-state index is 0.786. The van der Waals surface area contributed by atoms with E-state index in [0.29, 0.717) is 0 Å². The fraction of sp³-hybridized carbons (Fsp3) is 0.182. The van der Waals surface area contributed by atoms with Crippen LogP contribution in [0.15, 0.2) is 42.0 Å². The Bertz CT molecular complexity index is 314. The lowest BCUT2D eigenvalue weighted by Gasteiger charge is -2.06. The Morgan fingerprint density at radius 3 is 2.46 bits per heavy atom. The summed E-state index contributed by atoms with van der Waals surface area (Å²) in [6.45, 7) is 3.98. The van der Waals surface area contributed by atoms with Crippen molar-refractivity contribution < 1.29 is 0 Å². The lowest BCUT2D eigenvalue weighted by molar-refractivity contribution is 1.52. The molecular formula is C11H13NS. The molecule has 0 spiro atoms. The van der Waals surface area contributed by atoms with Gasteiger partial charge in [-0.1, -0.05) is 36.5 Å². The van der Waals surface area contributed by atoms with Gasteiger partial charge in [-0.25, -0.2) is 0 Å². The number of para-hydroxylation sites is 1. The number of hydrogen-bond acceptors (Lipinski definition) is 1. The van der Waals surface area contributed by atoms with Gasteiger partial charge in [-0.2, -0.15) is 0 Å². The highest BCUT2D eigenvalue weighted by Gasteiger charge is 1.97. The minimum Gasteiger partial charge on any atom is -0.346 e. The number of benzene rings is 1. The Kier molecular flexibility index (Phi) is 3.65. The van der Waals surface area contributed by atoms with Crippen LogP contribution in [0.5, 0.6) is 0 Å². The van der Waals surface area contributed by atoms with Crippen LogP contribution in [-0.2, 0) is 0 Å². The maximum absolute atomic E-state index is 5.18. The van der Waals surface area contributed by atoms with Crippen LogP contribution in [0, 0.1) is 0 Å². The van der Waals surface area contributed by atoms with E-state index >= 15 is 0 Å². The second-order valence-corrected chi connectivity index (χ2v) is 3.20. The van der Waals surface area contributed by atoms with Crippen molar-refractivity contribution in [3.05, 3.63) is 42.0 Å². The molecule has 13 heavy (non-hydrogen) atoms. The number of hydrogen-bond donors (Lipinski definition) is 1. The SMILES string of the molecule is C/C=C(/C)C(=S)Nc1ccccc1. The van der Waals surface area contributed by atoms with Gasteiger partial charge in [-0.3, -0.25) is 0 Å². The summed E-state index contributed by atoms with van der Waals surface area (Å²) >= 11 is 5.18. The molecule has 2 heteroatoms. The highest BCUT2D eigenvalue weighted by Crippen LogP contribution is 2.07. The highest BCUT2D eigenvalue weighted by molar-refractivity contribution is 7.81. The second kappa shape index (κ2) is 4.77. The molecule has 0 bridgehead atoms. The summed E-state index contributed by atoms with van der Waals surface area (Å²) < 4.78 is 0. The van der Waals surface area contributed by atoms with E-state index < -0.39 is 0 Å². The molecule has 0 aliphatic carbocycles. The third-order valence-corrected chi connectivity index (χ3v) is 2.25. The third kappa shape index (κ3) is 2.99. The van der Waals surface area contributed by atoms with Crippen LogP contribution in [0.4, 0.5) is 5.69 Å². The van der Waals surface area contributed by atoms with E-state index in [2.05, 4.69) is 5.32 Å². The smallest absolute Gasteiger partial charge is 0.106 e. The van der Waals surface area contributed by atoms with Gasteiger partial charge in [0.25, 0.3) is 0 Å². The maximum Gasteiger partial charge on any atom is 0.106 e. The van der Waals surface area contributed by atoms with E-state index in [4.69, 9.17) is 12.2 Å². The number of nitrogens with one attached hydrogen (secondary N) is 1. The lowest BCUT2D eigenvalue weighted by atomic mass is 10.2. The molecule has 0 radical (unpaired) electrons. The summed E-state index contributed by atoms with van der Waals surface area (Å²) in [4.78, 5) is 0.786. The summed E-state index contributed by atoms with van der Waals surface area (Å²) in [7, 11) is 0. The van der Waals surface area contributed by atoms with Crippen LogP contribution in [0.2, 0.25) is 0 Å². The standard InChI is InChI=1S/C11H13NS/c1-3-9(2)11(13)12-10-7-5-4-6-8-10/h3-8H,1-2H3,(H,12,13)/b9-3-. The van der Waals surface area contributed by atoms with Gasteiger partial charge in [-0.15, -0.1) is 0 Å². The fourth-order valence-corrected chi connectivity index (χ4v) is 1.12. The van der Waals surface area contributed by atoms with E-state index in [-0.39, 0.29) is 0 Å². The Labute approximate surface area is 84.5 Å². The first kappa shape index (κ1) is 9.93. The first-order valence-electron chi connectivity index (χ1n) is 4.23. The van der Waals surface area contributed by atoms with Crippen LogP contribution < -0.4 is 5.32 Å². The van der Waals surface area contributed by atoms with Gasteiger partial charge in [-0.05, 0) is 31.6 Å². The molecule has 1 aromatic rings. The Hall–Kier alpha value is -1.15. The topological polar surface area (TPSA) is 12.0 Å². The van der Waals surface area contributed by atoms with Gasteiger partial charge in [0.15, 0.2) is 0 Å². The number of anilines is 1. The minimum absolute atomic E-state index is 0.786. The Morgan fingerprint density at radius 2 is 1.92 bits per heavy atom. The van der Waals surface area contributed by atoms with Crippen molar-refractivity contribution in [1.29, 1.82) is 0 Å². The molecule has 0 heterocycles. The Balaban J connectivity index is 2.66. The first-order chi connectivity index (χ1) is 6.24. The van der Waals surface area contributed by atoms with Crippen LogP contribution in [0.25, 0.3) is 0 Å². The quantitative estimate of drug-likeness (QED) is 0.568. The largest absolute Gasteiger partial charge is 0.346 e. The molecule has 0 aliphatic rings. The van der Waals surface area contributed by atoms with E-state index in [9.17, 15) is 0 Å². The highest BCUT2D eigenvalue weighted by atomic mass is 32.1. The molecule has 0 amide bonds. The fourth-order valence-electron chi connectivity index (χ4n) is 0.882. The molecule has 1 rings (SSSR count). The molecule has 0 fully saturated rings. The molecule has 1 N–H and O–H groups in total. The van der Waals surface area contributed by atoms with Crippen molar-refractivity contribution in [1.82, 2.24) is 0 Å². The Morgan fingerprint density at radius 1 is 1.31 bits per heavy atom. The third-order valence-electron chi connectivity index (χ3n) is 1.82. The van der Waals surface area contributed by atoms with Gasteiger partial charge < -0.3 is 5.32 Å². The normalized spacial score (nSPS) is 11.1. The maximum atomic E-state index is 5.18. The predicted molar refractivity (Wildman–Crippen MR) is 62.1 cm³/mol. The van der Waals surface area contributed by atoms with Crippen molar-refractivity contribution in [3.8, 4) is 0 Å². The zero-order chi connectivity index (χ0) is 9.68. The van der Waals surface area contributed by atoms with Crippen LogP contribution in [-0.4, -0.2) is 4.99 Å². The molecule has 0 atom stereocenters. The van der Waals surface area contributed by atoms with Crippen LogP contribution >= 0.6 is 12.2 Å². The van der Waals surface area contributed by atoms with Gasteiger partial charge in [0, 0.05) is 5.69 Å². The van der Waals surface area contributed by atoms with E-state index in [1.807, 2.05) is 50.3 Å². The number of rotatable bonds is 2. The second-order valence-electron chi connectivity index (χ2n) is 2.79. The molecule has 1 aromatic carbocycles. The van der Waals surface area contributed by atoms with Gasteiger partial charge >= 0.3 is 0 Å². The van der Waals surface area contributed by atoms with Crippen molar-refractivity contribution in [3.63, 3.8) is 0 Å². The van der Waals surface area contributed by atoms with Gasteiger partial charge in [0.05, 0.1) is 0 Å². The van der Waals surface area contributed by atoms with Gasteiger partial charge in [0.1, 0.15) is 4.99 Å². The summed E-state index contributed by atoms with van der Waals surface area (Å²) in [5.41, 5.74) is 2.13. The zero-order valence-electron chi connectivity index (χ0n) is 7.87. The van der Waals surface area contributed by atoms with Crippen LogP contribution in [0.1, 0.15) is 13.8 Å². The predicted octanol–water partition coefficient (Wildman–Crippen LogP) is 3.39. The molecule has 68 valence electrons. The summed E-state index contributed by atoms with van der Waals surface area (Å²) in [6, 6.07) is 9.94. The molecule has 0 unspecified atom stereocenters. The average molecular weight is 191 g/mol. The molecule has 0 aliphatic heterocycles. The summed E-state index contributed by atoms with van der Waals surface area (Å²) in [5, 5.41) is 3.16. The lowest BCUT2D eigenvalue weighted by Crippen LogP contribution is -2.09. The zero-order valence-corrected chi connectivity index (χ0v) is 8.69. The van der Waals surface area contributed by atoms with Crippen molar-refractivity contribution >= 4 is 22.9 Å². The summed E-state index contributed by atoms with van der Waals surface area (Å²) in [5.74, 6) is 0.